The van der Waals surface area contributed by atoms with E-state index in [0.29, 0.717) is 5.69 Å². The highest BCUT2D eigenvalue weighted by Gasteiger charge is 2.37. The maximum Gasteiger partial charge on any atom is 0.202 e. The quantitative estimate of drug-likeness (QED) is 0.230. The number of fused-ring (bicyclic) bond motifs is 2. The molecule has 156 valence electrons. The van der Waals surface area contributed by atoms with Gasteiger partial charge < -0.3 is 20.8 Å². The molecule has 0 bridgehead atoms. The predicted octanol–water partition coefficient (Wildman–Crippen LogP) is 5.36. The zero-order valence-corrected chi connectivity index (χ0v) is 16.8. The van der Waals surface area contributed by atoms with Crippen LogP contribution in [0.3, 0.4) is 0 Å². The van der Waals surface area contributed by atoms with E-state index in [4.69, 9.17) is 0 Å². The van der Waals surface area contributed by atoms with Gasteiger partial charge in [-0.3, -0.25) is 9.59 Å². The highest BCUT2D eigenvalue weighted by atomic mass is 16.3. The van der Waals surface area contributed by atoms with Crippen LogP contribution < -0.4 is 10.6 Å². The first kappa shape index (κ1) is 19.4. The van der Waals surface area contributed by atoms with Crippen molar-refractivity contribution < 1.29 is 19.8 Å². The zero-order chi connectivity index (χ0) is 22.2. The summed E-state index contributed by atoms with van der Waals surface area (Å²) in [5.41, 5.74) is 2.05. The third-order valence-corrected chi connectivity index (χ3v) is 5.39. The second kappa shape index (κ2) is 7.59. The first-order valence-electron chi connectivity index (χ1n) is 10.00. The van der Waals surface area contributed by atoms with Crippen LogP contribution in [0.15, 0.2) is 84.9 Å². The van der Waals surface area contributed by atoms with Crippen LogP contribution in [0.1, 0.15) is 31.8 Å². The molecule has 1 aliphatic carbocycles. The summed E-state index contributed by atoms with van der Waals surface area (Å²) in [6.07, 6.45) is 0. The topological polar surface area (TPSA) is 98.7 Å². The lowest BCUT2D eigenvalue weighted by Gasteiger charge is -2.23. The molecule has 1 aliphatic rings. The highest BCUT2D eigenvalue weighted by Crippen LogP contribution is 2.43. The minimum absolute atomic E-state index is 0.0783. The normalized spacial score (nSPS) is 12.1. The molecule has 0 aromatic heterocycles. The van der Waals surface area contributed by atoms with Gasteiger partial charge in [0.15, 0.2) is 11.5 Å². The molecule has 0 radical (unpaired) electrons. The van der Waals surface area contributed by atoms with Gasteiger partial charge in [0.2, 0.25) is 5.78 Å². The smallest absolute Gasteiger partial charge is 0.202 e. The molecule has 0 aliphatic heterocycles. The number of nitrogens with one attached hydrogen (secondary N) is 2. The predicted molar refractivity (Wildman–Crippen MR) is 123 cm³/mol. The van der Waals surface area contributed by atoms with Gasteiger partial charge in [-0.2, -0.15) is 0 Å². The van der Waals surface area contributed by atoms with Crippen molar-refractivity contribution in [3.05, 3.63) is 107 Å². The number of anilines is 4. The third kappa shape index (κ3) is 3.15. The van der Waals surface area contributed by atoms with E-state index in [1.165, 1.54) is 12.1 Å². The van der Waals surface area contributed by atoms with E-state index in [1.807, 2.05) is 60.7 Å². The van der Waals surface area contributed by atoms with Gasteiger partial charge in [0.25, 0.3) is 0 Å². The monoisotopic (exact) mass is 422 g/mol. The summed E-state index contributed by atoms with van der Waals surface area (Å²) < 4.78 is 0. The number of benzene rings is 4. The summed E-state index contributed by atoms with van der Waals surface area (Å²) in [7, 11) is 0. The fourth-order valence-electron chi connectivity index (χ4n) is 3.89. The standard InChI is InChI=1S/C26H18N2O4/c29-20-14-13-18(27-15-7-3-1-4-8-15)22-23(20)26(32)21-17(24(22)30)11-12-19(25(21)31)28-16-9-5-2-6-10-16/h1-14,27-29,31H. The average Bonchev–Trinajstić information content (AvgIpc) is 2.81. The molecule has 0 spiro atoms. The zero-order valence-electron chi connectivity index (χ0n) is 16.8. The van der Waals surface area contributed by atoms with Crippen LogP contribution in [0.5, 0.6) is 11.5 Å². The Morgan fingerprint density at radius 1 is 0.531 bits per heavy atom. The van der Waals surface area contributed by atoms with E-state index >= 15 is 0 Å². The molecule has 0 saturated heterocycles. The van der Waals surface area contributed by atoms with Gasteiger partial charge in [-0.1, -0.05) is 36.4 Å². The van der Waals surface area contributed by atoms with E-state index in [2.05, 4.69) is 10.6 Å². The van der Waals surface area contributed by atoms with Crippen LogP contribution in [0, 0.1) is 0 Å². The molecule has 0 saturated carbocycles. The molecule has 5 rings (SSSR count). The molecule has 6 heteroatoms. The number of phenolic OH excluding ortho intramolecular Hbond substituents is 2. The Bertz CT molecular complexity index is 1360. The van der Waals surface area contributed by atoms with Crippen molar-refractivity contribution in [2.24, 2.45) is 0 Å². The highest BCUT2D eigenvalue weighted by molar-refractivity contribution is 6.32. The van der Waals surface area contributed by atoms with Crippen LogP contribution in [-0.2, 0) is 0 Å². The Kier molecular flexibility index (Phi) is 4.60. The lowest BCUT2D eigenvalue weighted by atomic mass is 9.81. The van der Waals surface area contributed by atoms with E-state index in [1.54, 1.807) is 12.1 Å². The van der Waals surface area contributed by atoms with E-state index in [9.17, 15) is 19.8 Å². The lowest BCUT2D eigenvalue weighted by Crippen LogP contribution is -2.23. The Morgan fingerprint density at radius 2 is 1.09 bits per heavy atom. The summed E-state index contributed by atoms with van der Waals surface area (Å²) in [6.45, 7) is 0. The summed E-state index contributed by atoms with van der Waals surface area (Å²) >= 11 is 0. The largest absolute Gasteiger partial charge is 0.507 e. The fourth-order valence-corrected chi connectivity index (χ4v) is 3.89. The molecule has 4 N–H and O–H groups in total. The van der Waals surface area contributed by atoms with Gasteiger partial charge in [0, 0.05) is 16.9 Å². The number of para-hydroxylation sites is 2. The van der Waals surface area contributed by atoms with E-state index in [0.717, 1.165) is 11.4 Å². The summed E-state index contributed by atoms with van der Waals surface area (Å²) in [5.74, 6) is -1.72. The second-order valence-corrected chi connectivity index (χ2v) is 7.41. The molecule has 4 aromatic rings. The molecular weight excluding hydrogens is 404 g/mol. The summed E-state index contributed by atoms with van der Waals surface area (Å²) in [4.78, 5) is 26.8. The first-order valence-corrected chi connectivity index (χ1v) is 10.00. The number of rotatable bonds is 4. The maximum absolute atomic E-state index is 13.4. The van der Waals surface area contributed by atoms with E-state index < -0.39 is 11.6 Å². The van der Waals surface area contributed by atoms with Crippen molar-refractivity contribution in [2.75, 3.05) is 10.6 Å². The van der Waals surface area contributed by atoms with Crippen LogP contribution in [0.4, 0.5) is 22.7 Å². The summed E-state index contributed by atoms with van der Waals surface area (Å²) in [5, 5.41) is 27.5. The van der Waals surface area contributed by atoms with Crippen molar-refractivity contribution in [2.45, 2.75) is 0 Å². The van der Waals surface area contributed by atoms with Crippen molar-refractivity contribution in [1.29, 1.82) is 0 Å². The molecule has 0 heterocycles. The molecule has 4 aromatic carbocycles. The Hall–Kier alpha value is -4.58. The van der Waals surface area contributed by atoms with Gasteiger partial charge in [0.05, 0.1) is 28.1 Å². The van der Waals surface area contributed by atoms with Gasteiger partial charge in [0.1, 0.15) is 5.75 Å². The lowest BCUT2D eigenvalue weighted by molar-refractivity contribution is 0.0975. The number of carbonyl (C=O) groups is 2. The van der Waals surface area contributed by atoms with Crippen LogP contribution >= 0.6 is 0 Å². The van der Waals surface area contributed by atoms with Gasteiger partial charge in [-0.25, -0.2) is 0 Å². The Balaban J connectivity index is 1.62. The van der Waals surface area contributed by atoms with Crippen molar-refractivity contribution in [1.82, 2.24) is 0 Å². The number of phenols is 2. The van der Waals surface area contributed by atoms with Gasteiger partial charge >= 0.3 is 0 Å². The van der Waals surface area contributed by atoms with Crippen molar-refractivity contribution >= 4 is 34.3 Å². The van der Waals surface area contributed by atoms with E-state index in [-0.39, 0.29) is 39.4 Å². The average molecular weight is 422 g/mol. The molecule has 0 fully saturated rings. The number of aromatic hydroxyl groups is 2. The fraction of sp³-hybridized carbons (Fsp3) is 0. The number of hydrogen-bond acceptors (Lipinski definition) is 6. The third-order valence-electron chi connectivity index (χ3n) is 5.39. The van der Waals surface area contributed by atoms with Gasteiger partial charge in [-0.15, -0.1) is 0 Å². The Labute approximate surface area is 183 Å². The minimum atomic E-state index is -0.613. The number of carbonyl (C=O) groups excluding carboxylic acids is 2. The number of hydrogen-bond donors (Lipinski definition) is 4. The van der Waals surface area contributed by atoms with Crippen LogP contribution in [-0.4, -0.2) is 21.8 Å². The molecular formula is C26H18N2O4. The minimum Gasteiger partial charge on any atom is -0.507 e. The first-order chi connectivity index (χ1) is 15.5. The van der Waals surface area contributed by atoms with Crippen molar-refractivity contribution in [3.8, 4) is 11.5 Å². The SMILES string of the molecule is O=C1c2c(ccc(Nc3ccccc3)c2O)C(=O)c2c(Nc3ccccc3)ccc(O)c21. The number of ketones is 2. The molecule has 0 atom stereocenters. The Morgan fingerprint density at radius 3 is 1.72 bits per heavy atom. The van der Waals surface area contributed by atoms with Gasteiger partial charge in [-0.05, 0) is 48.5 Å². The molecule has 6 nitrogen and oxygen atoms in total. The van der Waals surface area contributed by atoms with Crippen molar-refractivity contribution in [3.63, 3.8) is 0 Å². The second-order valence-electron chi connectivity index (χ2n) is 7.41. The van der Waals surface area contributed by atoms with Crippen LogP contribution in [0.2, 0.25) is 0 Å². The van der Waals surface area contributed by atoms with Crippen LogP contribution in [0.25, 0.3) is 0 Å². The maximum atomic E-state index is 13.4. The summed E-state index contributed by atoms with van der Waals surface area (Å²) in [6, 6.07) is 24.4. The molecule has 0 amide bonds. The molecule has 0 unspecified atom stereocenters. The molecule has 32 heavy (non-hydrogen) atoms.